The number of nitrogens with zero attached hydrogens (tertiary/aromatic N) is 1. The summed E-state index contributed by atoms with van der Waals surface area (Å²) in [6.45, 7) is 3.61. The minimum Gasteiger partial charge on any atom is -0.494 e. The molecule has 21 heavy (non-hydrogen) atoms. The summed E-state index contributed by atoms with van der Waals surface area (Å²) in [5.41, 5.74) is 1.02. The average Bonchev–Trinajstić information content (AvgIpc) is 2.84. The Morgan fingerprint density at radius 3 is 2.71 bits per heavy atom. The highest BCUT2D eigenvalue weighted by Crippen LogP contribution is 2.24. The molecule has 2 atom stereocenters. The van der Waals surface area contributed by atoms with Gasteiger partial charge in [-0.2, -0.15) is 0 Å². The summed E-state index contributed by atoms with van der Waals surface area (Å²) in [5.74, 6) is 1.39. The SMILES string of the molecule is CCCOc1ccc(C2NCC(=O)N2CCS(C)=O)cc1. The highest BCUT2D eigenvalue weighted by Gasteiger charge is 2.31. The van der Waals surface area contributed by atoms with Gasteiger partial charge in [-0.3, -0.25) is 14.3 Å². The van der Waals surface area contributed by atoms with Crippen LogP contribution in [0.15, 0.2) is 24.3 Å². The molecule has 0 spiro atoms. The van der Waals surface area contributed by atoms with Crippen LogP contribution >= 0.6 is 0 Å². The van der Waals surface area contributed by atoms with E-state index in [1.807, 2.05) is 24.3 Å². The van der Waals surface area contributed by atoms with Gasteiger partial charge in [-0.1, -0.05) is 19.1 Å². The predicted octanol–water partition coefficient (Wildman–Crippen LogP) is 1.28. The monoisotopic (exact) mass is 310 g/mol. The molecule has 0 aromatic heterocycles. The number of carbonyl (C=O) groups excluding carboxylic acids is 1. The molecule has 1 N–H and O–H groups in total. The maximum Gasteiger partial charge on any atom is 0.238 e. The zero-order valence-corrected chi connectivity index (χ0v) is 13.3. The molecule has 1 aliphatic rings. The smallest absolute Gasteiger partial charge is 0.238 e. The lowest BCUT2D eigenvalue weighted by Crippen LogP contribution is -2.33. The zero-order valence-electron chi connectivity index (χ0n) is 12.5. The zero-order chi connectivity index (χ0) is 15.2. The Labute approximate surface area is 128 Å². The number of benzene rings is 1. The standard InChI is InChI=1S/C15H22N2O3S/c1-3-9-20-13-6-4-12(5-7-13)15-16-11-14(18)17(15)8-10-21(2)19/h4-7,15-16H,3,8-11H2,1-2H3. The van der Waals surface area contributed by atoms with Crippen LogP contribution < -0.4 is 10.1 Å². The first-order valence-electron chi connectivity index (χ1n) is 7.17. The molecule has 1 saturated heterocycles. The number of hydrogen-bond acceptors (Lipinski definition) is 4. The van der Waals surface area contributed by atoms with Gasteiger partial charge >= 0.3 is 0 Å². The van der Waals surface area contributed by atoms with Crippen LogP contribution in [0.1, 0.15) is 25.1 Å². The molecule has 1 aromatic carbocycles. The molecule has 6 heteroatoms. The minimum atomic E-state index is -0.897. The second kappa shape index (κ2) is 7.56. The summed E-state index contributed by atoms with van der Waals surface area (Å²) in [7, 11) is -0.897. The number of ether oxygens (including phenoxy) is 1. The van der Waals surface area contributed by atoms with Crippen LogP contribution in [0.25, 0.3) is 0 Å². The minimum absolute atomic E-state index is 0.0526. The number of nitrogens with one attached hydrogen (secondary N) is 1. The van der Waals surface area contributed by atoms with Gasteiger partial charge in [0.15, 0.2) is 0 Å². The van der Waals surface area contributed by atoms with E-state index in [9.17, 15) is 9.00 Å². The molecule has 0 saturated carbocycles. The summed E-state index contributed by atoms with van der Waals surface area (Å²) < 4.78 is 16.8. The molecule has 0 radical (unpaired) electrons. The Hall–Kier alpha value is -1.40. The van der Waals surface area contributed by atoms with Gasteiger partial charge < -0.3 is 9.64 Å². The van der Waals surface area contributed by atoms with Crippen LogP contribution in [0.2, 0.25) is 0 Å². The summed E-state index contributed by atoms with van der Waals surface area (Å²) in [6.07, 6.45) is 2.49. The highest BCUT2D eigenvalue weighted by molar-refractivity contribution is 7.84. The van der Waals surface area contributed by atoms with Crippen molar-refractivity contribution in [2.75, 3.05) is 31.7 Å². The van der Waals surface area contributed by atoms with E-state index < -0.39 is 10.8 Å². The van der Waals surface area contributed by atoms with E-state index in [2.05, 4.69) is 12.2 Å². The van der Waals surface area contributed by atoms with E-state index in [0.717, 1.165) is 17.7 Å². The normalized spacial score (nSPS) is 19.8. The van der Waals surface area contributed by atoms with Crippen LogP contribution in [0.5, 0.6) is 5.75 Å². The van der Waals surface area contributed by atoms with Crippen LogP contribution in [0.4, 0.5) is 0 Å². The quantitative estimate of drug-likeness (QED) is 0.824. The second-order valence-electron chi connectivity index (χ2n) is 5.07. The molecule has 116 valence electrons. The van der Waals surface area contributed by atoms with E-state index in [0.29, 0.717) is 25.4 Å². The Morgan fingerprint density at radius 1 is 1.38 bits per heavy atom. The van der Waals surface area contributed by atoms with Crippen molar-refractivity contribution in [1.82, 2.24) is 10.2 Å². The first-order valence-corrected chi connectivity index (χ1v) is 8.90. The lowest BCUT2D eigenvalue weighted by atomic mass is 10.1. The molecule has 2 rings (SSSR count). The fourth-order valence-corrected chi connectivity index (χ4v) is 2.74. The van der Waals surface area contributed by atoms with Gasteiger partial charge in [0.05, 0.1) is 13.2 Å². The van der Waals surface area contributed by atoms with Crippen LogP contribution in [-0.4, -0.2) is 46.7 Å². The highest BCUT2D eigenvalue weighted by atomic mass is 32.2. The van der Waals surface area contributed by atoms with Crippen molar-refractivity contribution in [2.24, 2.45) is 0 Å². The van der Waals surface area contributed by atoms with Gasteiger partial charge in [0, 0.05) is 29.4 Å². The maximum atomic E-state index is 11.9. The van der Waals surface area contributed by atoms with Gasteiger partial charge in [-0.15, -0.1) is 0 Å². The molecule has 1 fully saturated rings. The van der Waals surface area contributed by atoms with E-state index >= 15 is 0 Å². The Kier molecular flexibility index (Phi) is 5.76. The molecule has 1 aromatic rings. The van der Waals surface area contributed by atoms with E-state index in [-0.39, 0.29) is 12.1 Å². The predicted molar refractivity (Wildman–Crippen MR) is 83.6 cm³/mol. The van der Waals surface area contributed by atoms with Crippen molar-refractivity contribution < 1.29 is 13.7 Å². The van der Waals surface area contributed by atoms with Crippen molar-refractivity contribution in [3.05, 3.63) is 29.8 Å². The molecule has 1 heterocycles. The fraction of sp³-hybridized carbons (Fsp3) is 0.533. The molecule has 0 aliphatic carbocycles. The number of amides is 1. The average molecular weight is 310 g/mol. The van der Waals surface area contributed by atoms with Crippen LogP contribution in [0, 0.1) is 0 Å². The molecule has 0 bridgehead atoms. The first-order chi connectivity index (χ1) is 10.1. The lowest BCUT2D eigenvalue weighted by Gasteiger charge is -2.24. The van der Waals surface area contributed by atoms with E-state index in [1.54, 1.807) is 11.2 Å². The van der Waals surface area contributed by atoms with Crippen molar-refractivity contribution in [1.29, 1.82) is 0 Å². The molecule has 2 unspecified atom stereocenters. The number of rotatable bonds is 7. The van der Waals surface area contributed by atoms with Gasteiger partial charge in [0.1, 0.15) is 11.9 Å². The van der Waals surface area contributed by atoms with Crippen molar-refractivity contribution >= 4 is 16.7 Å². The third-order valence-corrected chi connectivity index (χ3v) is 4.12. The molecular formula is C15H22N2O3S. The Bertz CT molecular complexity index is 504. The van der Waals surface area contributed by atoms with E-state index in [4.69, 9.17) is 4.74 Å². The maximum absolute atomic E-state index is 11.9. The van der Waals surface area contributed by atoms with Crippen molar-refractivity contribution in [3.8, 4) is 5.75 Å². The van der Waals surface area contributed by atoms with Crippen LogP contribution in [-0.2, 0) is 15.6 Å². The third kappa shape index (κ3) is 4.28. The van der Waals surface area contributed by atoms with Crippen molar-refractivity contribution in [2.45, 2.75) is 19.5 Å². The van der Waals surface area contributed by atoms with Crippen LogP contribution in [0.3, 0.4) is 0 Å². The lowest BCUT2D eigenvalue weighted by molar-refractivity contribution is -0.127. The second-order valence-corrected chi connectivity index (χ2v) is 6.62. The Morgan fingerprint density at radius 2 is 2.10 bits per heavy atom. The topological polar surface area (TPSA) is 58.6 Å². The fourth-order valence-electron chi connectivity index (χ4n) is 2.28. The number of carbonyl (C=O) groups is 1. The third-order valence-electron chi connectivity index (χ3n) is 3.37. The van der Waals surface area contributed by atoms with Gasteiger partial charge in [-0.25, -0.2) is 0 Å². The largest absolute Gasteiger partial charge is 0.494 e. The molecular weight excluding hydrogens is 288 g/mol. The summed E-state index contributed by atoms with van der Waals surface area (Å²) in [6, 6.07) is 7.78. The first kappa shape index (κ1) is 16.0. The van der Waals surface area contributed by atoms with Gasteiger partial charge in [0.25, 0.3) is 0 Å². The number of hydrogen-bond donors (Lipinski definition) is 1. The molecule has 1 aliphatic heterocycles. The van der Waals surface area contributed by atoms with E-state index in [1.165, 1.54) is 0 Å². The molecule has 5 nitrogen and oxygen atoms in total. The Balaban J connectivity index is 2.04. The molecule has 1 amide bonds. The van der Waals surface area contributed by atoms with Gasteiger partial charge in [-0.05, 0) is 24.1 Å². The van der Waals surface area contributed by atoms with Gasteiger partial charge in [0.2, 0.25) is 5.91 Å². The van der Waals surface area contributed by atoms with Crippen molar-refractivity contribution in [3.63, 3.8) is 0 Å². The summed E-state index contributed by atoms with van der Waals surface area (Å²) in [5, 5.41) is 3.20. The summed E-state index contributed by atoms with van der Waals surface area (Å²) >= 11 is 0. The summed E-state index contributed by atoms with van der Waals surface area (Å²) in [4.78, 5) is 13.7.